The smallest absolute Gasteiger partial charge is 0.410 e. The van der Waals surface area contributed by atoms with E-state index in [1.165, 1.54) is 0 Å². The summed E-state index contributed by atoms with van der Waals surface area (Å²) in [5.41, 5.74) is -0.472. The highest BCUT2D eigenvalue weighted by Crippen LogP contribution is 2.09. The van der Waals surface area contributed by atoms with Gasteiger partial charge in [-0.2, -0.15) is 0 Å². The van der Waals surface area contributed by atoms with E-state index in [1.54, 1.807) is 11.9 Å². The molecule has 0 spiro atoms. The lowest BCUT2D eigenvalue weighted by molar-refractivity contribution is 0.0304. The van der Waals surface area contributed by atoms with Crippen molar-refractivity contribution in [3.8, 4) is 0 Å². The number of hydrogen-bond acceptors (Lipinski definition) is 3. The van der Waals surface area contributed by atoms with Gasteiger partial charge in [0.15, 0.2) is 5.96 Å². The topological polar surface area (TPSA) is 66.0 Å². The third-order valence-corrected chi connectivity index (χ3v) is 3.10. The molecule has 0 heterocycles. The van der Waals surface area contributed by atoms with Crippen LogP contribution in [0.1, 0.15) is 40.5 Å². The summed E-state index contributed by atoms with van der Waals surface area (Å²) in [5, 5.41) is 6.63. The normalized spacial score (nSPS) is 15.8. The maximum atomic E-state index is 11.9. The highest BCUT2D eigenvalue weighted by atomic mass is 16.6. The minimum Gasteiger partial charge on any atom is -0.444 e. The molecule has 0 aromatic rings. The lowest BCUT2D eigenvalue weighted by Gasteiger charge is -2.24. The van der Waals surface area contributed by atoms with Gasteiger partial charge in [-0.1, -0.05) is 12.2 Å². The molecular formula is C16H30N4O2. The minimum atomic E-state index is -0.472. The van der Waals surface area contributed by atoms with Crippen molar-refractivity contribution in [3.05, 3.63) is 12.2 Å². The fourth-order valence-corrected chi connectivity index (χ4v) is 1.99. The molecule has 1 aliphatic rings. The molecule has 0 aromatic carbocycles. The molecule has 0 atom stereocenters. The lowest BCUT2D eigenvalue weighted by Crippen LogP contribution is -2.43. The molecule has 1 aliphatic carbocycles. The summed E-state index contributed by atoms with van der Waals surface area (Å²) in [6.45, 7) is 9.49. The van der Waals surface area contributed by atoms with Crippen molar-refractivity contribution in [2.24, 2.45) is 4.99 Å². The maximum Gasteiger partial charge on any atom is 0.410 e. The number of aliphatic imine (C=N–C) groups is 1. The van der Waals surface area contributed by atoms with Crippen LogP contribution in [0.5, 0.6) is 0 Å². The molecule has 0 saturated heterocycles. The molecule has 0 unspecified atom stereocenters. The average Bonchev–Trinajstić information content (AvgIpc) is 2.89. The molecule has 0 aliphatic heterocycles. The van der Waals surface area contributed by atoms with Gasteiger partial charge in [-0.15, -0.1) is 0 Å². The fourth-order valence-electron chi connectivity index (χ4n) is 1.99. The second kappa shape index (κ2) is 8.66. The summed E-state index contributed by atoms with van der Waals surface area (Å²) < 4.78 is 5.31. The van der Waals surface area contributed by atoms with E-state index in [0.29, 0.717) is 19.1 Å². The Morgan fingerprint density at radius 1 is 1.36 bits per heavy atom. The number of carbonyl (C=O) groups excluding carboxylic acids is 1. The average molecular weight is 310 g/mol. The zero-order valence-corrected chi connectivity index (χ0v) is 14.5. The van der Waals surface area contributed by atoms with E-state index in [0.717, 1.165) is 25.3 Å². The zero-order valence-electron chi connectivity index (χ0n) is 14.5. The molecule has 0 saturated carbocycles. The summed E-state index contributed by atoms with van der Waals surface area (Å²) in [6.07, 6.45) is 6.10. The summed E-state index contributed by atoms with van der Waals surface area (Å²) in [5.74, 6) is 0.800. The quantitative estimate of drug-likeness (QED) is 0.464. The highest BCUT2D eigenvalue weighted by molar-refractivity contribution is 5.80. The number of nitrogens with one attached hydrogen (secondary N) is 2. The number of ether oxygens (including phenoxy) is 1. The number of nitrogens with zero attached hydrogens (tertiary/aromatic N) is 2. The Hall–Kier alpha value is -1.72. The Balaban J connectivity index is 2.40. The SMILES string of the molecule is CCNC(=NCCN(C)C(=O)OC(C)(C)C)NC1CC=CC1. The van der Waals surface area contributed by atoms with Gasteiger partial charge in [0.2, 0.25) is 0 Å². The third kappa shape index (κ3) is 7.33. The van der Waals surface area contributed by atoms with E-state index in [4.69, 9.17) is 4.74 Å². The van der Waals surface area contributed by atoms with Gasteiger partial charge >= 0.3 is 6.09 Å². The first-order valence-electron chi connectivity index (χ1n) is 7.95. The second-order valence-electron chi connectivity index (χ2n) is 6.45. The predicted molar refractivity (Wildman–Crippen MR) is 90.1 cm³/mol. The van der Waals surface area contributed by atoms with Crippen LogP contribution < -0.4 is 10.6 Å². The van der Waals surface area contributed by atoms with E-state index < -0.39 is 5.60 Å². The monoisotopic (exact) mass is 310 g/mol. The fraction of sp³-hybridized carbons (Fsp3) is 0.750. The number of rotatable bonds is 5. The van der Waals surface area contributed by atoms with Gasteiger partial charge in [-0.05, 0) is 40.5 Å². The summed E-state index contributed by atoms with van der Waals surface area (Å²) in [7, 11) is 1.73. The molecule has 6 heteroatoms. The van der Waals surface area contributed by atoms with Crippen LogP contribution in [-0.2, 0) is 4.74 Å². The van der Waals surface area contributed by atoms with Gasteiger partial charge in [-0.25, -0.2) is 4.79 Å². The van der Waals surface area contributed by atoms with Gasteiger partial charge in [0.05, 0.1) is 6.54 Å². The molecule has 126 valence electrons. The van der Waals surface area contributed by atoms with Crippen LogP contribution in [-0.4, -0.2) is 55.3 Å². The zero-order chi connectivity index (χ0) is 16.6. The first-order valence-corrected chi connectivity index (χ1v) is 7.95. The number of guanidine groups is 1. The predicted octanol–water partition coefficient (Wildman–Crippen LogP) is 2.13. The molecular weight excluding hydrogens is 280 g/mol. The molecule has 0 aromatic heterocycles. The summed E-state index contributed by atoms with van der Waals surface area (Å²) >= 11 is 0. The molecule has 6 nitrogen and oxygen atoms in total. The standard InChI is InChI=1S/C16H30N4O2/c1-6-17-14(19-13-9-7-8-10-13)18-11-12-20(5)15(21)22-16(2,3)4/h7-8,13H,6,9-12H2,1-5H3,(H2,17,18,19). The van der Waals surface area contributed by atoms with Gasteiger partial charge in [0.1, 0.15) is 5.60 Å². The van der Waals surface area contributed by atoms with E-state index in [9.17, 15) is 4.79 Å². The van der Waals surface area contributed by atoms with Crippen LogP contribution in [0.2, 0.25) is 0 Å². The van der Waals surface area contributed by atoms with E-state index in [2.05, 4.69) is 27.8 Å². The van der Waals surface area contributed by atoms with E-state index in [1.807, 2.05) is 27.7 Å². The van der Waals surface area contributed by atoms with Gasteiger partial charge < -0.3 is 20.3 Å². The van der Waals surface area contributed by atoms with Crippen LogP contribution in [0.3, 0.4) is 0 Å². The van der Waals surface area contributed by atoms with Crippen molar-refractivity contribution in [1.29, 1.82) is 0 Å². The number of amides is 1. The molecule has 0 bridgehead atoms. The van der Waals surface area contributed by atoms with Gasteiger partial charge in [0, 0.05) is 26.2 Å². The Labute approximate surface area is 134 Å². The lowest BCUT2D eigenvalue weighted by atomic mass is 10.2. The Kier molecular flexibility index (Phi) is 7.21. The van der Waals surface area contributed by atoms with E-state index >= 15 is 0 Å². The Bertz CT molecular complexity index is 405. The van der Waals surface area contributed by atoms with Crippen LogP contribution in [0, 0.1) is 0 Å². The number of hydrogen-bond donors (Lipinski definition) is 2. The van der Waals surface area contributed by atoms with Crippen LogP contribution in [0.4, 0.5) is 4.79 Å². The number of likely N-dealkylation sites (N-methyl/N-ethyl adjacent to an activating group) is 1. The highest BCUT2D eigenvalue weighted by Gasteiger charge is 2.19. The molecule has 0 radical (unpaired) electrons. The molecule has 22 heavy (non-hydrogen) atoms. The number of carbonyl (C=O) groups is 1. The van der Waals surface area contributed by atoms with Crippen molar-refractivity contribution in [2.45, 2.75) is 52.2 Å². The van der Waals surface area contributed by atoms with Crippen LogP contribution >= 0.6 is 0 Å². The third-order valence-electron chi connectivity index (χ3n) is 3.10. The van der Waals surface area contributed by atoms with Crippen molar-refractivity contribution >= 4 is 12.1 Å². The van der Waals surface area contributed by atoms with Crippen molar-refractivity contribution in [3.63, 3.8) is 0 Å². The largest absolute Gasteiger partial charge is 0.444 e. The Morgan fingerprint density at radius 2 is 2.00 bits per heavy atom. The van der Waals surface area contributed by atoms with Gasteiger partial charge in [-0.3, -0.25) is 4.99 Å². The minimum absolute atomic E-state index is 0.319. The summed E-state index contributed by atoms with van der Waals surface area (Å²) in [4.78, 5) is 17.9. The molecule has 1 rings (SSSR count). The first-order chi connectivity index (χ1) is 10.3. The molecule has 1 amide bonds. The molecule has 0 fully saturated rings. The van der Waals surface area contributed by atoms with Crippen LogP contribution in [0.25, 0.3) is 0 Å². The second-order valence-corrected chi connectivity index (χ2v) is 6.45. The Morgan fingerprint density at radius 3 is 2.55 bits per heavy atom. The maximum absolute atomic E-state index is 11.9. The van der Waals surface area contributed by atoms with E-state index in [-0.39, 0.29) is 6.09 Å². The molecule has 2 N–H and O–H groups in total. The summed E-state index contributed by atoms with van der Waals surface area (Å²) in [6, 6.07) is 0.418. The van der Waals surface area contributed by atoms with Crippen molar-refractivity contribution in [1.82, 2.24) is 15.5 Å². The van der Waals surface area contributed by atoms with Gasteiger partial charge in [0.25, 0.3) is 0 Å². The van der Waals surface area contributed by atoms with Crippen molar-refractivity contribution in [2.75, 3.05) is 26.7 Å². The van der Waals surface area contributed by atoms with Crippen LogP contribution in [0.15, 0.2) is 17.1 Å². The van der Waals surface area contributed by atoms with Crippen molar-refractivity contribution < 1.29 is 9.53 Å². The first kappa shape index (κ1) is 18.3.